The fraction of sp³-hybridized carbons (Fsp3) is 0.143. The molecule has 0 atom stereocenters. The number of carbonyl (C=O) groups excluding carboxylic acids is 2. The Morgan fingerprint density at radius 2 is 2.10 bits per heavy atom. The topological polar surface area (TPSA) is 80.6 Å². The maximum Gasteiger partial charge on any atom is 0.321 e. The van der Waals surface area contributed by atoms with Gasteiger partial charge in [-0.15, -0.1) is 0 Å². The van der Waals surface area contributed by atoms with E-state index in [4.69, 9.17) is 9.15 Å². The average Bonchev–Trinajstić information content (AvgIpc) is 2.96. The van der Waals surface area contributed by atoms with Gasteiger partial charge in [0.25, 0.3) is 5.91 Å². The van der Waals surface area contributed by atoms with Gasteiger partial charge in [-0.2, -0.15) is 0 Å². The summed E-state index contributed by atoms with van der Waals surface area (Å²) in [4.78, 5) is 22.9. The van der Waals surface area contributed by atoms with E-state index in [1.54, 1.807) is 12.1 Å². The fourth-order valence-electron chi connectivity index (χ4n) is 1.49. The van der Waals surface area contributed by atoms with Gasteiger partial charge in [0.2, 0.25) is 0 Å². The molecule has 110 valence electrons. The summed E-state index contributed by atoms with van der Waals surface area (Å²) < 4.78 is 23.0. The summed E-state index contributed by atoms with van der Waals surface area (Å²) in [5.74, 6) is -0.338. The molecule has 0 fully saturated rings. The lowest BCUT2D eigenvalue weighted by molar-refractivity contribution is -0.122. The zero-order valence-corrected chi connectivity index (χ0v) is 11.0. The van der Waals surface area contributed by atoms with Crippen molar-refractivity contribution in [1.29, 1.82) is 0 Å². The third-order valence-electron chi connectivity index (χ3n) is 2.42. The normalized spacial score (nSPS) is 9.95. The molecule has 6 nitrogen and oxygen atoms in total. The Morgan fingerprint density at radius 3 is 2.81 bits per heavy atom. The quantitative estimate of drug-likeness (QED) is 0.881. The number of carbonyl (C=O) groups is 2. The summed E-state index contributed by atoms with van der Waals surface area (Å²) >= 11 is 0. The van der Waals surface area contributed by atoms with Crippen molar-refractivity contribution >= 4 is 11.9 Å². The molecular weight excluding hydrogens is 279 g/mol. The Balaban J connectivity index is 1.70. The van der Waals surface area contributed by atoms with Gasteiger partial charge < -0.3 is 14.5 Å². The molecule has 1 aromatic carbocycles. The number of amides is 3. The Hall–Kier alpha value is -2.83. The third-order valence-corrected chi connectivity index (χ3v) is 2.42. The molecule has 2 aromatic rings. The molecule has 21 heavy (non-hydrogen) atoms. The van der Waals surface area contributed by atoms with Crippen molar-refractivity contribution in [2.75, 3.05) is 6.61 Å². The molecule has 0 bridgehead atoms. The van der Waals surface area contributed by atoms with E-state index in [1.165, 1.54) is 24.5 Å². The molecular formula is C14H13FN2O4. The molecule has 0 aliphatic rings. The van der Waals surface area contributed by atoms with Crippen molar-refractivity contribution in [3.63, 3.8) is 0 Å². The summed E-state index contributed by atoms with van der Waals surface area (Å²) in [5, 5.41) is 4.52. The minimum Gasteiger partial charge on any atom is -0.484 e. The van der Waals surface area contributed by atoms with Crippen LogP contribution in [0.15, 0.2) is 47.1 Å². The van der Waals surface area contributed by atoms with Crippen molar-refractivity contribution in [2.45, 2.75) is 6.54 Å². The van der Waals surface area contributed by atoms with Crippen LogP contribution in [0.25, 0.3) is 0 Å². The lowest BCUT2D eigenvalue weighted by Gasteiger charge is -2.07. The first-order chi connectivity index (χ1) is 10.1. The summed E-state index contributed by atoms with van der Waals surface area (Å²) in [7, 11) is 0. The number of rotatable bonds is 5. The molecule has 0 radical (unpaired) electrons. The fourth-order valence-corrected chi connectivity index (χ4v) is 1.49. The number of furan rings is 1. The van der Waals surface area contributed by atoms with E-state index < -0.39 is 24.4 Å². The number of imide groups is 1. The SMILES string of the molecule is O=C(COc1cccc(F)c1)NC(=O)NCc1ccco1. The van der Waals surface area contributed by atoms with Crippen LogP contribution < -0.4 is 15.4 Å². The Morgan fingerprint density at radius 1 is 1.24 bits per heavy atom. The first-order valence-corrected chi connectivity index (χ1v) is 6.12. The highest BCUT2D eigenvalue weighted by molar-refractivity contribution is 5.94. The predicted molar refractivity (Wildman–Crippen MR) is 71.0 cm³/mol. The first kappa shape index (κ1) is 14.6. The first-order valence-electron chi connectivity index (χ1n) is 6.12. The van der Waals surface area contributed by atoms with Crippen LogP contribution in [0.2, 0.25) is 0 Å². The monoisotopic (exact) mass is 292 g/mol. The maximum atomic E-state index is 12.9. The number of hydrogen-bond acceptors (Lipinski definition) is 4. The highest BCUT2D eigenvalue weighted by Gasteiger charge is 2.09. The van der Waals surface area contributed by atoms with E-state index in [0.717, 1.165) is 6.07 Å². The van der Waals surface area contributed by atoms with Crippen LogP contribution in [0.5, 0.6) is 5.75 Å². The Bertz CT molecular complexity index is 613. The second-order valence-corrected chi connectivity index (χ2v) is 4.06. The molecule has 0 spiro atoms. The average molecular weight is 292 g/mol. The van der Waals surface area contributed by atoms with Crippen LogP contribution in [0, 0.1) is 5.82 Å². The van der Waals surface area contributed by atoms with E-state index >= 15 is 0 Å². The van der Waals surface area contributed by atoms with E-state index in [2.05, 4.69) is 10.6 Å². The van der Waals surface area contributed by atoms with Crippen LogP contribution in [0.1, 0.15) is 5.76 Å². The van der Waals surface area contributed by atoms with Gasteiger partial charge in [0, 0.05) is 6.07 Å². The zero-order valence-electron chi connectivity index (χ0n) is 11.0. The van der Waals surface area contributed by atoms with Crippen molar-refractivity contribution in [3.8, 4) is 5.75 Å². The molecule has 2 N–H and O–H groups in total. The molecule has 0 aliphatic carbocycles. The van der Waals surface area contributed by atoms with Crippen molar-refractivity contribution in [2.24, 2.45) is 0 Å². The molecule has 0 saturated carbocycles. The van der Waals surface area contributed by atoms with E-state index in [0.29, 0.717) is 5.76 Å². The lowest BCUT2D eigenvalue weighted by Crippen LogP contribution is -2.41. The van der Waals surface area contributed by atoms with Gasteiger partial charge in [-0.25, -0.2) is 9.18 Å². The number of hydrogen-bond donors (Lipinski definition) is 2. The van der Waals surface area contributed by atoms with Gasteiger partial charge in [-0.3, -0.25) is 10.1 Å². The smallest absolute Gasteiger partial charge is 0.321 e. The van der Waals surface area contributed by atoms with Crippen LogP contribution >= 0.6 is 0 Å². The Kier molecular flexibility index (Phi) is 4.92. The van der Waals surface area contributed by atoms with Crippen molar-refractivity contribution in [3.05, 3.63) is 54.2 Å². The maximum absolute atomic E-state index is 12.9. The van der Waals surface area contributed by atoms with E-state index in [1.807, 2.05) is 0 Å². The molecule has 7 heteroatoms. The highest BCUT2D eigenvalue weighted by atomic mass is 19.1. The molecule has 1 aromatic heterocycles. The third kappa shape index (κ3) is 4.98. The molecule has 0 aliphatic heterocycles. The Labute approximate surface area is 119 Å². The number of benzene rings is 1. The zero-order chi connectivity index (χ0) is 15.1. The van der Waals surface area contributed by atoms with E-state index in [-0.39, 0.29) is 12.3 Å². The summed E-state index contributed by atoms with van der Waals surface area (Å²) in [5.41, 5.74) is 0. The van der Waals surface area contributed by atoms with Gasteiger partial charge >= 0.3 is 6.03 Å². The molecule has 0 saturated heterocycles. The molecule has 1 heterocycles. The number of nitrogens with one attached hydrogen (secondary N) is 2. The van der Waals surface area contributed by atoms with Gasteiger partial charge in [-0.1, -0.05) is 6.07 Å². The number of halogens is 1. The second-order valence-electron chi connectivity index (χ2n) is 4.06. The van der Waals surface area contributed by atoms with Crippen LogP contribution in [-0.4, -0.2) is 18.5 Å². The van der Waals surface area contributed by atoms with Gasteiger partial charge in [-0.05, 0) is 24.3 Å². The highest BCUT2D eigenvalue weighted by Crippen LogP contribution is 2.11. The number of ether oxygens (including phenoxy) is 1. The lowest BCUT2D eigenvalue weighted by atomic mass is 10.3. The predicted octanol–water partition coefficient (Wildman–Crippen LogP) is 1.82. The minimum absolute atomic E-state index is 0.164. The van der Waals surface area contributed by atoms with Crippen molar-refractivity contribution < 1.29 is 23.1 Å². The number of urea groups is 1. The van der Waals surface area contributed by atoms with Crippen LogP contribution in [-0.2, 0) is 11.3 Å². The molecule has 0 unspecified atom stereocenters. The molecule has 2 rings (SSSR count). The van der Waals surface area contributed by atoms with Crippen molar-refractivity contribution in [1.82, 2.24) is 10.6 Å². The second kappa shape index (κ2) is 7.09. The largest absolute Gasteiger partial charge is 0.484 e. The van der Waals surface area contributed by atoms with E-state index in [9.17, 15) is 14.0 Å². The standard InChI is InChI=1S/C14H13FN2O4/c15-10-3-1-4-11(7-10)21-9-13(18)17-14(19)16-8-12-5-2-6-20-12/h1-7H,8-9H2,(H2,16,17,18,19). The molecule has 3 amide bonds. The minimum atomic E-state index is -0.667. The van der Waals surface area contributed by atoms with Gasteiger partial charge in [0.05, 0.1) is 12.8 Å². The summed E-state index contributed by atoms with van der Waals surface area (Å²) in [6.45, 7) is -0.228. The van der Waals surface area contributed by atoms with Crippen LogP contribution in [0.4, 0.5) is 9.18 Å². The summed E-state index contributed by atoms with van der Waals surface area (Å²) in [6, 6.07) is 8.08. The summed E-state index contributed by atoms with van der Waals surface area (Å²) in [6.07, 6.45) is 1.48. The van der Waals surface area contributed by atoms with Gasteiger partial charge in [0.1, 0.15) is 17.3 Å². The van der Waals surface area contributed by atoms with Gasteiger partial charge in [0.15, 0.2) is 6.61 Å². The van der Waals surface area contributed by atoms with Crippen LogP contribution in [0.3, 0.4) is 0 Å².